The molecule has 3 aromatic rings. The van der Waals surface area contributed by atoms with Crippen molar-refractivity contribution in [2.75, 3.05) is 20.1 Å². The number of aliphatic hydroxyl groups is 2. The van der Waals surface area contributed by atoms with Gasteiger partial charge in [-0.25, -0.2) is 9.67 Å². The minimum atomic E-state index is -1.24. The van der Waals surface area contributed by atoms with E-state index >= 15 is 0 Å². The molecule has 0 unspecified atom stereocenters. The quantitative estimate of drug-likeness (QED) is 0.522. The summed E-state index contributed by atoms with van der Waals surface area (Å²) in [6.07, 6.45) is 3.47. The maximum absolute atomic E-state index is 12.5. The SMILES string of the molecule is CC(C)c1ccc([C@](O)(c2cncc(-c3nc(C(C)(C)O)n(C(C)C)n3)c2)C2(C)CN(C)C2)cc1. The summed E-state index contributed by atoms with van der Waals surface area (Å²) in [6, 6.07) is 10.3. The summed E-state index contributed by atoms with van der Waals surface area (Å²) in [5, 5.41) is 27.8. The van der Waals surface area contributed by atoms with Crippen molar-refractivity contribution in [2.45, 2.75) is 71.6 Å². The maximum Gasteiger partial charge on any atom is 0.183 e. The number of pyridine rings is 1. The van der Waals surface area contributed by atoms with Gasteiger partial charge in [-0.1, -0.05) is 45.0 Å². The van der Waals surface area contributed by atoms with E-state index in [4.69, 9.17) is 5.10 Å². The Morgan fingerprint density at radius 1 is 0.971 bits per heavy atom. The molecule has 3 heterocycles. The van der Waals surface area contributed by atoms with E-state index in [-0.39, 0.29) is 11.5 Å². The number of hydrogen-bond acceptors (Lipinski definition) is 6. The molecule has 7 nitrogen and oxygen atoms in total. The van der Waals surface area contributed by atoms with E-state index in [0.29, 0.717) is 28.7 Å². The zero-order valence-corrected chi connectivity index (χ0v) is 22.2. The van der Waals surface area contributed by atoms with Gasteiger partial charge >= 0.3 is 0 Å². The van der Waals surface area contributed by atoms with Gasteiger partial charge < -0.3 is 15.1 Å². The van der Waals surface area contributed by atoms with Crippen LogP contribution in [0.25, 0.3) is 11.4 Å². The maximum atomic E-state index is 12.5. The molecule has 1 aliphatic heterocycles. The van der Waals surface area contributed by atoms with Crippen molar-refractivity contribution in [3.63, 3.8) is 0 Å². The largest absolute Gasteiger partial charge is 0.382 e. The Balaban J connectivity index is 1.84. The fourth-order valence-electron chi connectivity index (χ4n) is 5.33. The lowest BCUT2D eigenvalue weighted by atomic mass is 9.62. The highest BCUT2D eigenvalue weighted by Crippen LogP contribution is 2.50. The number of benzene rings is 1. The first-order valence-electron chi connectivity index (χ1n) is 12.4. The summed E-state index contributed by atoms with van der Waals surface area (Å²) in [5.74, 6) is 1.40. The Labute approximate surface area is 208 Å². The van der Waals surface area contributed by atoms with Crippen LogP contribution in [0.3, 0.4) is 0 Å². The number of aromatic nitrogens is 4. The first kappa shape index (κ1) is 25.5. The lowest BCUT2D eigenvalue weighted by molar-refractivity contribution is -0.127. The van der Waals surface area contributed by atoms with Gasteiger partial charge in [0.2, 0.25) is 0 Å². The molecule has 0 spiro atoms. The smallest absolute Gasteiger partial charge is 0.183 e. The van der Waals surface area contributed by atoms with Crippen LogP contribution in [-0.4, -0.2) is 55.0 Å². The molecule has 0 bridgehead atoms. The van der Waals surface area contributed by atoms with Crippen LogP contribution in [0, 0.1) is 5.41 Å². The normalized spacial score (nSPS) is 18.1. The minimum absolute atomic E-state index is 0.0367. The van der Waals surface area contributed by atoms with E-state index in [1.807, 2.05) is 32.0 Å². The van der Waals surface area contributed by atoms with Gasteiger partial charge in [-0.3, -0.25) is 4.98 Å². The number of likely N-dealkylation sites (tertiary alicyclic amines) is 1. The standard InChI is InChI=1S/C28H39N5O2/c1-18(2)20-9-11-22(12-10-20)28(35,27(7)16-32(8)17-27)23-13-21(14-29-15-23)24-30-25(26(5,6)34)33(31-24)19(3)4/h9-15,18-19,34-35H,16-17H2,1-8H3/t28-/m0/s1. The summed E-state index contributed by atoms with van der Waals surface area (Å²) in [4.78, 5) is 11.4. The molecule has 0 radical (unpaired) electrons. The van der Waals surface area contributed by atoms with Gasteiger partial charge in [0, 0.05) is 48.1 Å². The summed E-state index contributed by atoms with van der Waals surface area (Å²) < 4.78 is 1.75. The van der Waals surface area contributed by atoms with Crippen molar-refractivity contribution in [1.82, 2.24) is 24.6 Å². The number of nitrogens with zero attached hydrogens (tertiary/aromatic N) is 5. The first-order valence-corrected chi connectivity index (χ1v) is 12.4. The molecule has 7 heteroatoms. The Kier molecular flexibility index (Phi) is 6.41. The summed E-state index contributed by atoms with van der Waals surface area (Å²) >= 11 is 0. The molecule has 2 N–H and O–H groups in total. The predicted octanol–water partition coefficient (Wildman–Crippen LogP) is 4.46. The zero-order valence-electron chi connectivity index (χ0n) is 22.2. The molecule has 188 valence electrons. The predicted molar refractivity (Wildman–Crippen MR) is 138 cm³/mol. The van der Waals surface area contributed by atoms with Crippen molar-refractivity contribution in [3.8, 4) is 11.4 Å². The van der Waals surface area contributed by atoms with E-state index in [0.717, 1.165) is 18.7 Å². The van der Waals surface area contributed by atoms with Crippen molar-refractivity contribution in [1.29, 1.82) is 0 Å². The van der Waals surface area contributed by atoms with Gasteiger partial charge in [-0.05, 0) is 57.9 Å². The third kappa shape index (κ3) is 4.41. The molecule has 0 amide bonds. The van der Waals surface area contributed by atoms with E-state index in [1.165, 1.54) is 5.56 Å². The highest BCUT2D eigenvalue weighted by atomic mass is 16.3. The fourth-order valence-corrected chi connectivity index (χ4v) is 5.33. The van der Waals surface area contributed by atoms with Crippen molar-refractivity contribution in [3.05, 3.63) is 65.2 Å². The highest BCUT2D eigenvalue weighted by molar-refractivity contribution is 5.56. The van der Waals surface area contributed by atoms with Crippen molar-refractivity contribution >= 4 is 0 Å². The lowest BCUT2D eigenvalue weighted by Gasteiger charge is -2.55. The molecular weight excluding hydrogens is 438 g/mol. The minimum Gasteiger partial charge on any atom is -0.382 e. The lowest BCUT2D eigenvalue weighted by Crippen LogP contribution is -2.63. The molecule has 4 rings (SSSR count). The molecule has 2 aromatic heterocycles. The number of hydrogen-bond donors (Lipinski definition) is 2. The van der Waals surface area contributed by atoms with Gasteiger partial charge in [0.15, 0.2) is 11.6 Å². The van der Waals surface area contributed by atoms with Crippen LogP contribution in [0.15, 0.2) is 42.7 Å². The Morgan fingerprint density at radius 3 is 2.09 bits per heavy atom. The fraction of sp³-hybridized carbons (Fsp3) is 0.536. The van der Waals surface area contributed by atoms with Crippen LogP contribution in [0.5, 0.6) is 0 Å². The average Bonchev–Trinajstić information content (AvgIpc) is 3.24. The first-order chi connectivity index (χ1) is 16.3. The Bertz CT molecular complexity index is 1190. The monoisotopic (exact) mass is 477 g/mol. The summed E-state index contributed by atoms with van der Waals surface area (Å²) in [7, 11) is 2.07. The van der Waals surface area contributed by atoms with Gasteiger partial charge in [0.05, 0.1) is 0 Å². The molecule has 1 atom stereocenters. The third-order valence-electron chi connectivity index (χ3n) is 7.19. The zero-order chi connectivity index (χ0) is 25.8. The topological polar surface area (TPSA) is 87.3 Å². The van der Waals surface area contributed by atoms with Crippen LogP contribution in [-0.2, 0) is 11.2 Å². The third-order valence-corrected chi connectivity index (χ3v) is 7.19. The van der Waals surface area contributed by atoms with Crippen LogP contribution < -0.4 is 0 Å². The van der Waals surface area contributed by atoms with Crippen LogP contribution in [0.4, 0.5) is 0 Å². The van der Waals surface area contributed by atoms with E-state index in [1.54, 1.807) is 30.9 Å². The molecule has 1 fully saturated rings. The summed E-state index contributed by atoms with van der Waals surface area (Å²) in [5.41, 5.74) is 0.760. The second kappa shape index (κ2) is 8.80. The molecule has 0 saturated carbocycles. The van der Waals surface area contributed by atoms with Crippen molar-refractivity contribution < 1.29 is 10.2 Å². The second-order valence-corrected chi connectivity index (χ2v) is 11.5. The molecular formula is C28H39N5O2. The van der Waals surface area contributed by atoms with E-state index in [9.17, 15) is 10.2 Å². The van der Waals surface area contributed by atoms with Crippen LogP contribution in [0.2, 0.25) is 0 Å². The van der Waals surface area contributed by atoms with Gasteiger partial charge in [-0.2, -0.15) is 5.10 Å². The van der Waals surface area contributed by atoms with Gasteiger partial charge in [-0.15, -0.1) is 0 Å². The van der Waals surface area contributed by atoms with Gasteiger partial charge in [0.1, 0.15) is 11.2 Å². The van der Waals surface area contributed by atoms with Crippen LogP contribution in [0.1, 0.15) is 82.9 Å². The average molecular weight is 478 g/mol. The highest BCUT2D eigenvalue weighted by Gasteiger charge is 2.55. The molecule has 35 heavy (non-hydrogen) atoms. The molecule has 1 aromatic carbocycles. The number of rotatable bonds is 7. The van der Waals surface area contributed by atoms with Crippen LogP contribution >= 0.6 is 0 Å². The van der Waals surface area contributed by atoms with E-state index in [2.05, 4.69) is 54.8 Å². The molecule has 0 aliphatic carbocycles. The second-order valence-electron chi connectivity index (χ2n) is 11.5. The van der Waals surface area contributed by atoms with Gasteiger partial charge in [0.25, 0.3) is 0 Å². The Morgan fingerprint density at radius 2 is 1.60 bits per heavy atom. The van der Waals surface area contributed by atoms with Crippen molar-refractivity contribution in [2.24, 2.45) is 5.41 Å². The Hall–Kier alpha value is -2.61. The summed E-state index contributed by atoms with van der Waals surface area (Å²) in [6.45, 7) is 15.4. The molecule has 1 saturated heterocycles. The molecule has 1 aliphatic rings. The van der Waals surface area contributed by atoms with E-state index < -0.39 is 11.2 Å².